The highest BCUT2D eigenvalue weighted by Gasteiger charge is 2.28. The molecule has 1 saturated heterocycles. The smallest absolute Gasteiger partial charge is 0.368 e. The zero-order valence-corrected chi connectivity index (χ0v) is 19.9. The second kappa shape index (κ2) is 10.0. The molecule has 5 rings (SSSR count). The third-order valence-electron chi connectivity index (χ3n) is 6.15. The van der Waals surface area contributed by atoms with Crippen LogP contribution in [0.2, 0.25) is 0 Å². The highest BCUT2D eigenvalue weighted by atomic mass is 16.5. The Morgan fingerprint density at radius 2 is 1.76 bits per heavy atom. The predicted molar refractivity (Wildman–Crippen MR) is 136 cm³/mol. The van der Waals surface area contributed by atoms with Gasteiger partial charge in [0.15, 0.2) is 5.82 Å². The van der Waals surface area contributed by atoms with Gasteiger partial charge in [0, 0.05) is 24.7 Å². The predicted octanol–water partition coefficient (Wildman–Crippen LogP) is 2.28. The number of aromatic nitrogens is 1. The molecule has 2 aliphatic rings. The van der Waals surface area contributed by atoms with Crippen molar-refractivity contribution >= 4 is 23.7 Å². The average molecular weight is 497 g/mol. The van der Waals surface area contributed by atoms with E-state index in [0.29, 0.717) is 41.7 Å². The third-order valence-corrected chi connectivity index (χ3v) is 6.15. The van der Waals surface area contributed by atoms with Gasteiger partial charge in [0.25, 0.3) is 5.91 Å². The summed E-state index contributed by atoms with van der Waals surface area (Å²) in [7, 11) is 0. The topological polar surface area (TPSA) is 139 Å². The Balaban J connectivity index is 1.56. The monoisotopic (exact) mass is 496 g/mol. The van der Waals surface area contributed by atoms with E-state index >= 15 is 0 Å². The molecule has 10 heteroatoms. The molecule has 1 fully saturated rings. The van der Waals surface area contributed by atoms with Crippen LogP contribution in [0.1, 0.15) is 23.2 Å². The maximum Gasteiger partial charge on any atom is 0.368 e. The lowest BCUT2D eigenvalue weighted by Gasteiger charge is -2.34. The van der Waals surface area contributed by atoms with Gasteiger partial charge < -0.3 is 20.7 Å². The van der Waals surface area contributed by atoms with Crippen molar-refractivity contribution in [3.63, 3.8) is 0 Å². The van der Waals surface area contributed by atoms with Crippen LogP contribution in [-0.2, 0) is 4.79 Å². The molecule has 0 saturated carbocycles. The molecular formula is C27H24N6O4. The molecule has 0 bridgehead atoms. The number of benzene rings is 2. The quantitative estimate of drug-likeness (QED) is 0.481. The number of primary amides is 1. The van der Waals surface area contributed by atoms with Crippen molar-refractivity contribution in [2.75, 3.05) is 18.0 Å². The van der Waals surface area contributed by atoms with Gasteiger partial charge in [-0.1, -0.05) is 24.8 Å². The van der Waals surface area contributed by atoms with Gasteiger partial charge in [-0.15, -0.1) is 0 Å². The molecule has 2 aromatic carbocycles. The highest BCUT2D eigenvalue weighted by molar-refractivity contribution is 6.00. The number of pyridine rings is 1. The number of hydrogen-bond acceptors (Lipinski definition) is 6. The molecule has 10 nitrogen and oxygen atoms in total. The van der Waals surface area contributed by atoms with Gasteiger partial charge in [-0.3, -0.25) is 9.59 Å². The first-order valence-electron chi connectivity index (χ1n) is 11.8. The molecule has 2 aliphatic heterocycles. The van der Waals surface area contributed by atoms with Crippen LogP contribution in [0.3, 0.4) is 0 Å². The van der Waals surface area contributed by atoms with Gasteiger partial charge in [0.1, 0.15) is 22.2 Å². The number of nitrogens with two attached hydrogens (primary N) is 1. The fourth-order valence-electron chi connectivity index (χ4n) is 4.49. The number of piperidine rings is 1. The van der Waals surface area contributed by atoms with Crippen molar-refractivity contribution in [2.45, 2.75) is 18.9 Å². The van der Waals surface area contributed by atoms with E-state index in [0.717, 1.165) is 12.8 Å². The van der Waals surface area contributed by atoms with Gasteiger partial charge in [-0.05, 0) is 55.3 Å². The van der Waals surface area contributed by atoms with Gasteiger partial charge in [-0.25, -0.2) is 9.78 Å². The summed E-state index contributed by atoms with van der Waals surface area (Å²) in [5.74, 6) is 0.671. The van der Waals surface area contributed by atoms with Crippen molar-refractivity contribution < 1.29 is 19.1 Å². The lowest BCUT2D eigenvalue weighted by molar-refractivity contribution is -0.117. The molecule has 0 unspecified atom stereocenters. The number of carbonyl (C=O) groups is 3. The number of ether oxygens (including phenoxy) is 1. The SMILES string of the molecule is C=CC(=O)N[C@@H]1CCCN(c2nc(-c3ccc(Oc4ccccc4)cc3)c(C(N)=O)c3c2=NC(=O)N=3)C1. The molecule has 186 valence electrons. The summed E-state index contributed by atoms with van der Waals surface area (Å²) in [6.45, 7) is 4.58. The summed E-state index contributed by atoms with van der Waals surface area (Å²) in [4.78, 5) is 51.3. The van der Waals surface area contributed by atoms with E-state index in [1.165, 1.54) is 6.08 Å². The Labute approximate surface area is 212 Å². The minimum absolute atomic E-state index is 0.0265. The molecule has 4 amide bonds. The van der Waals surface area contributed by atoms with E-state index < -0.39 is 11.9 Å². The van der Waals surface area contributed by atoms with E-state index in [1.807, 2.05) is 35.2 Å². The number of urea groups is 1. The first kappa shape index (κ1) is 23.9. The lowest BCUT2D eigenvalue weighted by atomic mass is 10.0. The van der Waals surface area contributed by atoms with Gasteiger partial charge >= 0.3 is 6.03 Å². The first-order valence-corrected chi connectivity index (χ1v) is 11.8. The van der Waals surface area contributed by atoms with Gasteiger partial charge in [0.05, 0.1) is 11.3 Å². The number of rotatable bonds is 7. The van der Waals surface area contributed by atoms with E-state index in [1.54, 1.807) is 24.3 Å². The Kier molecular flexibility index (Phi) is 6.46. The van der Waals surface area contributed by atoms with Crippen LogP contribution in [0.15, 0.2) is 77.2 Å². The molecule has 3 heterocycles. The van der Waals surface area contributed by atoms with Crippen LogP contribution in [0.4, 0.5) is 10.6 Å². The summed E-state index contributed by atoms with van der Waals surface area (Å²) in [6, 6.07) is 15.5. The van der Waals surface area contributed by atoms with Crippen LogP contribution < -0.4 is 31.4 Å². The van der Waals surface area contributed by atoms with Crippen molar-refractivity contribution in [1.29, 1.82) is 0 Å². The Bertz CT molecular complexity index is 1520. The zero-order chi connectivity index (χ0) is 25.9. The number of para-hydroxylation sites is 1. The Hall–Kier alpha value is -4.86. The maximum atomic E-state index is 12.5. The van der Waals surface area contributed by atoms with Crippen LogP contribution in [0.25, 0.3) is 11.3 Å². The van der Waals surface area contributed by atoms with Crippen molar-refractivity contribution in [3.8, 4) is 22.8 Å². The molecule has 1 atom stereocenters. The minimum atomic E-state index is -0.765. The van der Waals surface area contributed by atoms with Crippen LogP contribution in [0, 0.1) is 0 Å². The Morgan fingerprint density at radius 3 is 2.46 bits per heavy atom. The summed E-state index contributed by atoms with van der Waals surface area (Å²) < 4.78 is 5.87. The number of carbonyl (C=O) groups excluding carboxylic acids is 3. The maximum absolute atomic E-state index is 12.5. The van der Waals surface area contributed by atoms with Crippen molar-refractivity contribution in [3.05, 3.63) is 83.5 Å². The number of amides is 4. The largest absolute Gasteiger partial charge is 0.457 e. The molecule has 0 spiro atoms. The zero-order valence-electron chi connectivity index (χ0n) is 19.9. The molecule has 0 aliphatic carbocycles. The van der Waals surface area contributed by atoms with Crippen LogP contribution >= 0.6 is 0 Å². The summed E-state index contributed by atoms with van der Waals surface area (Å²) in [5.41, 5.74) is 6.65. The minimum Gasteiger partial charge on any atom is -0.457 e. The molecule has 37 heavy (non-hydrogen) atoms. The normalized spacial score (nSPS) is 16.3. The van der Waals surface area contributed by atoms with E-state index in [4.69, 9.17) is 15.5 Å². The number of nitrogens with one attached hydrogen (secondary N) is 1. The van der Waals surface area contributed by atoms with Crippen LogP contribution in [-0.4, -0.2) is 42.0 Å². The fraction of sp³-hybridized carbons (Fsp3) is 0.185. The summed E-state index contributed by atoms with van der Waals surface area (Å²) in [5, 5.41) is 3.23. The number of fused-ring (bicyclic) bond motifs is 1. The number of anilines is 1. The van der Waals surface area contributed by atoms with E-state index in [9.17, 15) is 14.4 Å². The molecule has 3 aromatic rings. The molecule has 0 radical (unpaired) electrons. The fourth-order valence-corrected chi connectivity index (χ4v) is 4.49. The molecular weight excluding hydrogens is 472 g/mol. The molecule has 3 N–H and O–H groups in total. The second-order valence-corrected chi connectivity index (χ2v) is 8.66. The van der Waals surface area contributed by atoms with Crippen molar-refractivity contribution in [2.24, 2.45) is 15.7 Å². The molecule has 1 aromatic heterocycles. The number of hydrogen-bond donors (Lipinski definition) is 2. The number of nitrogens with zero attached hydrogens (tertiary/aromatic N) is 4. The Morgan fingerprint density at radius 1 is 1.05 bits per heavy atom. The highest BCUT2D eigenvalue weighted by Crippen LogP contribution is 2.27. The first-order chi connectivity index (χ1) is 17.9. The van der Waals surface area contributed by atoms with E-state index in [2.05, 4.69) is 21.9 Å². The van der Waals surface area contributed by atoms with Gasteiger partial charge in [0.2, 0.25) is 5.91 Å². The lowest BCUT2D eigenvalue weighted by Crippen LogP contribution is -2.50. The van der Waals surface area contributed by atoms with E-state index in [-0.39, 0.29) is 28.2 Å². The van der Waals surface area contributed by atoms with Crippen molar-refractivity contribution in [1.82, 2.24) is 10.3 Å². The second-order valence-electron chi connectivity index (χ2n) is 8.66. The third kappa shape index (κ3) is 4.94. The summed E-state index contributed by atoms with van der Waals surface area (Å²) >= 11 is 0. The average Bonchev–Trinajstić information content (AvgIpc) is 3.29. The van der Waals surface area contributed by atoms with Gasteiger partial charge in [-0.2, -0.15) is 9.98 Å². The standard InChI is InChI=1S/C27H24N6O4/c1-2-20(34)29-17-7-6-14-33(15-17)26-24-23(31-27(36)32-24)21(25(28)35)22(30-26)16-10-12-19(13-11-16)37-18-8-4-3-5-9-18/h2-5,8-13,17H,1,6-7,14-15H2,(H2,28,35)(H,29,34)/t17-/m1/s1. The summed E-state index contributed by atoms with van der Waals surface area (Å²) in [6.07, 6.45) is 2.79. The van der Waals surface area contributed by atoms with Crippen LogP contribution in [0.5, 0.6) is 11.5 Å².